The summed E-state index contributed by atoms with van der Waals surface area (Å²) in [5.74, 6) is 0.519. The lowest BCUT2D eigenvalue weighted by atomic mass is 10.0. The Morgan fingerprint density at radius 1 is 1.07 bits per heavy atom. The van der Waals surface area contributed by atoms with Crippen molar-refractivity contribution in [2.45, 2.75) is 53.1 Å². The lowest BCUT2D eigenvalue weighted by Gasteiger charge is -2.29. The lowest BCUT2D eigenvalue weighted by molar-refractivity contribution is -0.140. The largest absolute Gasteiger partial charge is 0.497 e. The monoisotopic (exact) mass is 396 g/mol. The second kappa shape index (κ2) is 10.6. The van der Waals surface area contributed by atoms with Gasteiger partial charge in [0.2, 0.25) is 11.8 Å². The maximum atomic E-state index is 13.2. The molecular formula is C24H32N2O3. The number of hydrogen-bond donors (Lipinski definition) is 1. The molecule has 5 nitrogen and oxygen atoms in total. The van der Waals surface area contributed by atoms with Gasteiger partial charge in [0, 0.05) is 13.1 Å². The first-order valence-corrected chi connectivity index (χ1v) is 10.1. The summed E-state index contributed by atoms with van der Waals surface area (Å²) in [4.78, 5) is 27.4. The van der Waals surface area contributed by atoms with Gasteiger partial charge < -0.3 is 15.0 Å². The molecular weight excluding hydrogens is 364 g/mol. The van der Waals surface area contributed by atoms with Gasteiger partial charge in [-0.3, -0.25) is 9.59 Å². The minimum absolute atomic E-state index is 0.0739. The molecule has 0 heterocycles. The number of hydrogen-bond acceptors (Lipinski definition) is 3. The zero-order valence-corrected chi connectivity index (χ0v) is 18.1. The average molecular weight is 397 g/mol. The Balaban J connectivity index is 2.25. The van der Waals surface area contributed by atoms with Crippen LogP contribution in [-0.4, -0.2) is 36.4 Å². The van der Waals surface area contributed by atoms with E-state index in [1.54, 1.807) is 18.9 Å². The minimum atomic E-state index is -0.563. The van der Waals surface area contributed by atoms with Gasteiger partial charge in [-0.15, -0.1) is 0 Å². The van der Waals surface area contributed by atoms with Crippen molar-refractivity contribution < 1.29 is 14.3 Å². The van der Waals surface area contributed by atoms with E-state index >= 15 is 0 Å². The fourth-order valence-corrected chi connectivity index (χ4v) is 3.14. The van der Waals surface area contributed by atoms with E-state index in [1.807, 2.05) is 56.3 Å². The van der Waals surface area contributed by atoms with Gasteiger partial charge in [-0.2, -0.15) is 0 Å². The highest BCUT2D eigenvalue weighted by Gasteiger charge is 2.26. The predicted molar refractivity (Wildman–Crippen MR) is 116 cm³/mol. The second-order valence-electron chi connectivity index (χ2n) is 7.44. The molecule has 0 radical (unpaired) electrons. The summed E-state index contributed by atoms with van der Waals surface area (Å²) in [6.45, 7) is 8.82. The summed E-state index contributed by atoms with van der Waals surface area (Å²) in [5, 5.41) is 2.90. The fraction of sp³-hybridized carbons (Fsp3) is 0.417. The van der Waals surface area contributed by atoms with Crippen molar-refractivity contribution in [2.24, 2.45) is 0 Å². The van der Waals surface area contributed by atoms with Crippen molar-refractivity contribution in [2.75, 3.05) is 13.7 Å². The molecule has 0 aliphatic carbocycles. The standard InChI is InChI=1S/C24H32N2O3/c1-6-12-25-24(28)19(4)26(16-21-8-7-9-22(14-21)29-5)23(27)15-20-11-10-17(2)18(3)13-20/h7-11,13-14,19H,6,12,15-16H2,1-5H3,(H,25,28). The lowest BCUT2D eigenvalue weighted by Crippen LogP contribution is -2.48. The summed E-state index contributed by atoms with van der Waals surface area (Å²) in [6.07, 6.45) is 1.11. The summed E-state index contributed by atoms with van der Waals surface area (Å²) in [7, 11) is 1.61. The fourth-order valence-electron chi connectivity index (χ4n) is 3.14. The summed E-state index contributed by atoms with van der Waals surface area (Å²) in [6, 6.07) is 13.1. The molecule has 0 aromatic heterocycles. The van der Waals surface area contributed by atoms with Gasteiger partial charge in [0.15, 0.2) is 0 Å². The number of carbonyl (C=O) groups excluding carboxylic acids is 2. The number of amides is 2. The third-order valence-electron chi connectivity index (χ3n) is 5.13. The number of ether oxygens (including phenoxy) is 1. The van der Waals surface area contributed by atoms with Crippen LogP contribution in [0, 0.1) is 13.8 Å². The minimum Gasteiger partial charge on any atom is -0.497 e. The molecule has 1 atom stereocenters. The number of nitrogens with one attached hydrogen (secondary N) is 1. The third kappa shape index (κ3) is 6.34. The molecule has 2 aromatic carbocycles. The molecule has 0 aliphatic rings. The van der Waals surface area contributed by atoms with Gasteiger partial charge in [0.05, 0.1) is 13.5 Å². The zero-order valence-electron chi connectivity index (χ0n) is 18.1. The number of benzene rings is 2. The Kier molecular flexibility index (Phi) is 8.25. The highest BCUT2D eigenvalue weighted by Crippen LogP contribution is 2.18. The highest BCUT2D eigenvalue weighted by atomic mass is 16.5. The van der Waals surface area contributed by atoms with Gasteiger partial charge in [0.25, 0.3) is 0 Å². The number of rotatable bonds is 9. The highest BCUT2D eigenvalue weighted by molar-refractivity contribution is 5.88. The van der Waals surface area contributed by atoms with E-state index in [4.69, 9.17) is 4.74 Å². The van der Waals surface area contributed by atoms with Crippen LogP contribution in [0.3, 0.4) is 0 Å². The second-order valence-corrected chi connectivity index (χ2v) is 7.44. The van der Waals surface area contributed by atoms with Crippen LogP contribution in [0.2, 0.25) is 0 Å². The first kappa shape index (κ1) is 22.5. The van der Waals surface area contributed by atoms with Crippen molar-refractivity contribution >= 4 is 11.8 Å². The van der Waals surface area contributed by atoms with Crippen molar-refractivity contribution in [3.8, 4) is 5.75 Å². The predicted octanol–water partition coefficient (Wildman–Crippen LogP) is 3.80. The van der Waals surface area contributed by atoms with E-state index in [-0.39, 0.29) is 18.2 Å². The molecule has 5 heteroatoms. The molecule has 0 aliphatic heterocycles. The van der Waals surface area contributed by atoms with E-state index < -0.39 is 6.04 Å². The first-order valence-electron chi connectivity index (χ1n) is 10.1. The van der Waals surface area contributed by atoms with E-state index in [2.05, 4.69) is 12.2 Å². The van der Waals surface area contributed by atoms with Crippen LogP contribution < -0.4 is 10.1 Å². The van der Waals surface area contributed by atoms with Crippen LogP contribution >= 0.6 is 0 Å². The van der Waals surface area contributed by atoms with E-state index in [0.717, 1.165) is 28.9 Å². The van der Waals surface area contributed by atoms with Crippen LogP contribution in [0.15, 0.2) is 42.5 Å². The van der Waals surface area contributed by atoms with Crippen LogP contribution in [0.5, 0.6) is 5.75 Å². The SMILES string of the molecule is CCCNC(=O)C(C)N(Cc1cccc(OC)c1)C(=O)Cc1ccc(C)c(C)c1. The number of aryl methyl sites for hydroxylation is 2. The molecule has 0 spiro atoms. The molecule has 2 amide bonds. The summed E-state index contributed by atoms with van der Waals surface area (Å²) >= 11 is 0. The maximum Gasteiger partial charge on any atom is 0.242 e. The summed E-state index contributed by atoms with van der Waals surface area (Å²) < 4.78 is 5.30. The Morgan fingerprint density at radius 3 is 2.48 bits per heavy atom. The van der Waals surface area contributed by atoms with Crippen molar-refractivity contribution in [3.63, 3.8) is 0 Å². The van der Waals surface area contributed by atoms with Gasteiger partial charge in [-0.1, -0.05) is 37.3 Å². The molecule has 0 bridgehead atoms. The Labute approximate surface area is 174 Å². The zero-order chi connectivity index (χ0) is 21.4. The molecule has 2 aromatic rings. The number of nitrogens with zero attached hydrogens (tertiary/aromatic N) is 1. The third-order valence-corrected chi connectivity index (χ3v) is 5.13. The van der Waals surface area contributed by atoms with Crippen LogP contribution in [-0.2, 0) is 22.6 Å². The normalized spacial score (nSPS) is 11.6. The van der Waals surface area contributed by atoms with Crippen molar-refractivity contribution in [1.82, 2.24) is 10.2 Å². The molecule has 2 rings (SSSR count). The van der Waals surface area contributed by atoms with E-state index in [0.29, 0.717) is 13.1 Å². The topological polar surface area (TPSA) is 58.6 Å². The van der Waals surface area contributed by atoms with Gasteiger partial charge >= 0.3 is 0 Å². The first-order chi connectivity index (χ1) is 13.8. The molecule has 29 heavy (non-hydrogen) atoms. The smallest absolute Gasteiger partial charge is 0.242 e. The molecule has 1 N–H and O–H groups in total. The van der Waals surface area contributed by atoms with E-state index in [9.17, 15) is 9.59 Å². The molecule has 0 saturated heterocycles. The van der Waals surface area contributed by atoms with Gasteiger partial charge in [0.1, 0.15) is 11.8 Å². The van der Waals surface area contributed by atoms with Crippen molar-refractivity contribution in [3.05, 3.63) is 64.7 Å². The van der Waals surface area contributed by atoms with Gasteiger partial charge in [-0.25, -0.2) is 0 Å². The number of methoxy groups -OCH3 is 1. The Morgan fingerprint density at radius 2 is 1.83 bits per heavy atom. The molecule has 1 unspecified atom stereocenters. The van der Waals surface area contributed by atoms with Crippen molar-refractivity contribution in [1.29, 1.82) is 0 Å². The quantitative estimate of drug-likeness (QED) is 0.701. The molecule has 0 fully saturated rings. The molecule has 156 valence electrons. The Hall–Kier alpha value is -2.82. The van der Waals surface area contributed by atoms with Gasteiger partial charge in [-0.05, 0) is 61.6 Å². The summed E-state index contributed by atoms with van der Waals surface area (Å²) in [5.41, 5.74) is 4.23. The Bertz CT molecular complexity index is 848. The number of carbonyl (C=O) groups is 2. The maximum absolute atomic E-state index is 13.2. The van der Waals surface area contributed by atoms with Crippen LogP contribution in [0.1, 0.15) is 42.5 Å². The average Bonchev–Trinajstić information content (AvgIpc) is 2.72. The van der Waals surface area contributed by atoms with Crippen LogP contribution in [0.25, 0.3) is 0 Å². The van der Waals surface area contributed by atoms with Crippen LogP contribution in [0.4, 0.5) is 0 Å². The molecule has 0 saturated carbocycles. The van der Waals surface area contributed by atoms with E-state index in [1.165, 1.54) is 5.56 Å².